The Labute approximate surface area is 190 Å². The third kappa shape index (κ3) is 3.72. The van der Waals surface area contributed by atoms with Gasteiger partial charge in [0, 0.05) is 30.2 Å². The molecule has 0 fully saturated rings. The number of benzene rings is 3. The smallest absolute Gasteiger partial charge is 0.280 e. The van der Waals surface area contributed by atoms with Gasteiger partial charge in [-0.05, 0) is 23.3 Å². The summed E-state index contributed by atoms with van der Waals surface area (Å²) in [7, 11) is 0. The minimum atomic E-state index is -0.329. The fourth-order valence-corrected chi connectivity index (χ4v) is 4.23. The Balaban J connectivity index is 1.75. The second-order valence-corrected chi connectivity index (χ2v) is 7.88. The molecule has 1 aromatic heterocycles. The van der Waals surface area contributed by atoms with Crippen molar-refractivity contribution >= 4 is 17.4 Å². The lowest BCUT2D eigenvalue weighted by Gasteiger charge is -2.22. The van der Waals surface area contributed by atoms with E-state index in [2.05, 4.69) is 5.32 Å². The van der Waals surface area contributed by atoms with E-state index >= 15 is 0 Å². The van der Waals surface area contributed by atoms with Crippen LogP contribution in [0.3, 0.4) is 0 Å². The Morgan fingerprint density at radius 2 is 1.48 bits per heavy atom. The maximum Gasteiger partial charge on any atom is 0.280 e. The van der Waals surface area contributed by atoms with Gasteiger partial charge in [-0.25, -0.2) is 0 Å². The van der Waals surface area contributed by atoms with Crippen molar-refractivity contribution in [1.29, 1.82) is 0 Å². The van der Waals surface area contributed by atoms with Crippen LogP contribution in [0.25, 0.3) is 28.0 Å². The quantitative estimate of drug-likeness (QED) is 0.488. The van der Waals surface area contributed by atoms with Crippen LogP contribution < -0.4 is 5.32 Å². The molecular weight excluding hydrogens is 414 g/mol. The van der Waals surface area contributed by atoms with Crippen molar-refractivity contribution in [2.45, 2.75) is 13.3 Å². The van der Waals surface area contributed by atoms with Crippen LogP contribution in [0.2, 0.25) is 0 Å². The van der Waals surface area contributed by atoms with Crippen molar-refractivity contribution in [2.75, 3.05) is 0 Å². The van der Waals surface area contributed by atoms with Crippen LogP contribution in [-0.2, 0) is 11.2 Å². The van der Waals surface area contributed by atoms with E-state index in [-0.39, 0.29) is 17.6 Å². The molecule has 162 valence electrons. The number of aromatic nitrogens is 2. The highest BCUT2D eigenvalue weighted by atomic mass is 16.3. The van der Waals surface area contributed by atoms with Gasteiger partial charge < -0.3 is 10.4 Å². The number of nitrogens with zero attached hydrogens (tertiary/aromatic N) is 2. The molecule has 0 saturated heterocycles. The minimum Gasteiger partial charge on any atom is -0.508 e. The number of aromatic hydroxyl groups is 1. The Bertz CT molecular complexity index is 1390. The van der Waals surface area contributed by atoms with Gasteiger partial charge in [0.1, 0.15) is 11.4 Å². The highest BCUT2D eigenvalue weighted by molar-refractivity contribution is 6.23. The third-order valence-corrected chi connectivity index (χ3v) is 5.63. The van der Waals surface area contributed by atoms with Gasteiger partial charge in [-0.3, -0.25) is 9.59 Å². The zero-order valence-corrected chi connectivity index (χ0v) is 17.9. The molecule has 5 rings (SSSR count). The average Bonchev–Trinajstić information content (AvgIpc) is 3.21. The maximum absolute atomic E-state index is 13.8. The monoisotopic (exact) mass is 435 g/mol. The Kier molecular flexibility index (Phi) is 5.11. The predicted octanol–water partition coefficient (Wildman–Crippen LogP) is 4.67. The van der Waals surface area contributed by atoms with Crippen molar-refractivity contribution in [2.24, 2.45) is 0 Å². The first-order valence-corrected chi connectivity index (χ1v) is 10.6. The molecule has 0 atom stereocenters. The maximum atomic E-state index is 13.8. The largest absolute Gasteiger partial charge is 0.508 e. The van der Waals surface area contributed by atoms with E-state index in [1.165, 1.54) is 23.7 Å². The van der Waals surface area contributed by atoms with Crippen LogP contribution in [0, 0.1) is 0 Å². The van der Waals surface area contributed by atoms with Gasteiger partial charge in [0.15, 0.2) is 0 Å². The first-order valence-electron chi connectivity index (χ1n) is 10.6. The molecule has 33 heavy (non-hydrogen) atoms. The number of carbonyl (C=O) groups excluding carboxylic acids is 2. The fourth-order valence-electron chi connectivity index (χ4n) is 4.23. The van der Waals surface area contributed by atoms with Crippen LogP contribution in [0.15, 0.2) is 90.6 Å². The van der Waals surface area contributed by atoms with Crippen molar-refractivity contribution in [3.8, 4) is 28.1 Å². The summed E-state index contributed by atoms with van der Waals surface area (Å²) in [5, 5.41) is 17.3. The number of phenolic OH excluding ortho intramolecular Hbond substituents is 1. The second-order valence-electron chi connectivity index (χ2n) is 7.88. The molecule has 0 aliphatic carbocycles. The zero-order valence-electron chi connectivity index (χ0n) is 17.9. The molecule has 3 aromatic carbocycles. The third-order valence-electron chi connectivity index (χ3n) is 5.63. The SMILES string of the molecule is CC(=O)NC1=C(c2ccc(O)cc2)C(=O)n2nc(-c3ccccc3)c(-c3ccccc3)c2C1. The van der Waals surface area contributed by atoms with E-state index in [1.807, 2.05) is 60.7 Å². The lowest BCUT2D eigenvalue weighted by atomic mass is 9.92. The molecule has 6 nitrogen and oxygen atoms in total. The number of amides is 1. The molecule has 0 radical (unpaired) electrons. The molecule has 2 N–H and O–H groups in total. The molecule has 0 saturated carbocycles. The second kappa shape index (κ2) is 8.24. The van der Waals surface area contributed by atoms with Gasteiger partial charge in [-0.1, -0.05) is 72.8 Å². The minimum absolute atomic E-state index is 0.0983. The molecule has 6 heteroatoms. The summed E-state index contributed by atoms with van der Waals surface area (Å²) in [6.07, 6.45) is 0.325. The highest BCUT2D eigenvalue weighted by Crippen LogP contribution is 2.39. The van der Waals surface area contributed by atoms with E-state index in [1.54, 1.807) is 12.1 Å². The Hall–Kier alpha value is -4.45. The predicted molar refractivity (Wildman–Crippen MR) is 126 cm³/mol. The van der Waals surface area contributed by atoms with Gasteiger partial charge in [0.2, 0.25) is 5.91 Å². The van der Waals surface area contributed by atoms with Gasteiger partial charge in [0.25, 0.3) is 5.91 Å². The van der Waals surface area contributed by atoms with Crippen molar-refractivity contribution in [1.82, 2.24) is 15.1 Å². The van der Waals surface area contributed by atoms with Crippen LogP contribution in [0.1, 0.15) is 23.0 Å². The van der Waals surface area contributed by atoms with E-state index in [4.69, 9.17) is 5.10 Å². The summed E-state index contributed by atoms with van der Waals surface area (Å²) in [6, 6.07) is 25.9. The van der Waals surface area contributed by atoms with Gasteiger partial charge in [-0.15, -0.1) is 0 Å². The number of carbonyl (C=O) groups is 2. The van der Waals surface area contributed by atoms with E-state index in [0.717, 1.165) is 22.4 Å². The average molecular weight is 435 g/mol. The zero-order chi connectivity index (χ0) is 22.9. The topological polar surface area (TPSA) is 84.2 Å². The number of hydrogen-bond acceptors (Lipinski definition) is 4. The first kappa shape index (κ1) is 20.5. The number of rotatable bonds is 4. The number of phenols is 1. The van der Waals surface area contributed by atoms with Crippen molar-refractivity contribution in [3.63, 3.8) is 0 Å². The van der Waals surface area contributed by atoms with Gasteiger partial charge >= 0.3 is 0 Å². The van der Waals surface area contributed by atoms with Crippen molar-refractivity contribution in [3.05, 3.63) is 102 Å². The molecule has 1 amide bonds. The molecular formula is C27H21N3O3. The Morgan fingerprint density at radius 3 is 2.09 bits per heavy atom. The summed E-state index contributed by atoms with van der Waals surface area (Å²) >= 11 is 0. The van der Waals surface area contributed by atoms with Gasteiger partial charge in [-0.2, -0.15) is 9.78 Å². The Morgan fingerprint density at radius 1 is 0.879 bits per heavy atom. The summed E-state index contributed by atoms with van der Waals surface area (Å²) in [4.78, 5) is 25.8. The molecule has 2 heterocycles. The van der Waals surface area contributed by atoms with Crippen LogP contribution in [0.5, 0.6) is 5.75 Å². The van der Waals surface area contributed by atoms with E-state index in [0.29, 0.717) is 28.9 Å². The number of allylic oxidation sites excluding steroid dienone is 2. The summed E-state index contributed by atoms with van der Waals surface area (Å²) < 4.78 is 1.44. The standard InChI is InChI=1S/C27H21N3O3/c1-17(31)28-22-16-23-25(18-8-4-2-5-9-18)26(20-10-6-3-7-11-20)29-30(23)27(33)24(22)19-12-14-21(32)15-13-19/h2-15,32H,16H2,1H3,(H,28,31). The normalized spacial score (nSPS) is 13.1. The number of nitrogens with one attached hydrogen (secondary N) is 1. The summed E-state index contributed by atoms with van der Waals surface area (Å²) in [6.45, 7) is 1.42. The summed E-state index contributed by atoms with van der Waals surface area (Å²) in [5.41, 5.74) is 5.62. The van der Waals surface area contributed by atoms with Crippen LogP contribution in [0.4, 0.5) is 0 Å². The van der Waals surface area contributed by atoms with E-state index in [9.17, 15) is 14.7 Å². The molecule has 4 aromatic rings. The van der Waals surface area contributed by atoms with Crippen LogP contribution in [-0.4, -0.2) is 26.7 Å². The lowest BCUT2D eigenvalue weighted by molar-refractivity contribution is -0.118. The first-order chi connectivity index (χ1) is 16.0. The molecule has 0 bridgehead atoms. The molecule has 1 aliphatic heterocycles. The molecule has 1 aliphatic rings. The van der Waals surface area contributed by atoms with Crippen LogP contribution >= 0.6 is 0 Å². The van der Waals surface area contributed by atoms with E-state index < -0.39 is 0 Å². The summed E-state index contributed by atoms with van der Waals surface area (Å²) in [5.74, 6) is -0.488. The fraction of sp³-hybridized carbons (Fsp3) is 0.0741. The highest BCUT2D eigenvalue weighted by Gasteiger charge is 2.33. The number of hydrogen-bond donors (Lipinski definition) is 2. The van der Waals surface area contributed by atoms with Gasteiger partial charge in [0.05, 0.1) is 11.3 Å². The molecule has 0 spiro atoms. The lowest BCUT2D eigenvalue weighted by Crippen LogP contribution is -2.31. The molecule has 0 unspecified atom stereocenters. The number of fused-ring (bicyclic) bond motifs is 1. The van der Waals surface area contributed by atoms with Crippen molar-refractivity contribution < 1.29 is 14.7 Å².